The summed E-state index contributed by atoms with van der Waals surface area (Å²) in [6.07, 6.45) is 0.413. The van der Waals surface area contributed by atoms with Crippen LogP contribution in [0, 0.1) is 22.5 Å². The van der Waals surface area contributed by atoms with E-state index in [1.807, 2.05) is 0 Å². The van der Waals surface area contributed by atoms with Gasteiger partial charge in [-0.25, -0.2) is 8.78 Å². The molecule has 1 rings (SSSR count). The molecule has 17 heavy (non-hydrogen) atoms. The zero-order chi connectivity index (χ0) is 13.1. The van der Waals surface area contributed by atoms with Crippen molar-refractivity contribution in [2.45, 2.75) is 20.3 Å². The van der Waals surface area contributed by atoms with E-state index in [-0.39, 0.29) is 18.2 Å². The highest BCUT2D eigenvalue weighted by atomic mass is 19.1. The fourth-order valence-electron chi connectivity index (χ4n) is 1.16. The molecule has 1 aromatic rings. The minimum absolute atomic E-state index is 0.0232. The predicted octanol–water partition coefficient (Wildman–Crippen LogP) is 2.70. The van der Waals surface area contributed by atoms with Crippen molar-refractivity contribution < 1.29 is 13.5 Å². The minimum atomic E-state index is -0.731. The minimum Gasteiger partial charge on any atom is -0.488 e. The van der Waals surface area contributed by atoms with Crippen LogP contribution in [0.15, 0.2) is 18.2 Å². The van der Waals surface area contributed by atoms with E-state index in [1.54, 1.807) is 13.8 Å². The Morgan fingerprint density at radius 1 is 1.35 bits per heavy atom. The van der Waals surface area contributed by atoms with Gasteiger partial charge in [-0.1, -0.05) is 19.9 Å². The third-order valence-corrected chi connectivity index (χ3v) is 2.62. The lowest BCUT2D eigenvalue weighted by Gasteiger charge is -2.22. The van der Waals surface area contributed by atoms with Crippen molar-refractivity contribution in [3.8, 4) is 5.75 Å². The Morgan fingerprint density at radius 2 is 1.88 bits per heavy atom. The SMILES string of the molecule is CC(C)(CCOc1c(F)cccc1F)C(=N)N. The number of amidine groups is 1. The number of hydrogen-bond acceptors (Lipinski definition) is 2. The molecule has 0 aliphatic rings. The first-order valence-corrected chi connectivity index (χ1v) is 5.26. The standard InChI is InChI=1S/C12H16F2N2O/c1-12(2,11(15)16)6-7-17-10-8(13)4-3-5-9(10)14/h3-5H,6-7H2,1-2H3,(H3,15,16). The molecule has 0 spiro atoms. The molecule has 0 aliphatic heterocycles. The summed E-state index contributed by atoms with van der Waals surface area (Å²) in [5.74, 6) is -1.82. The van der Waals surface area contributed by atoms with Crippen molar-refractivity contribution in [2.75, 3.05) is 6.61 Å². The highest BCUT2D eigenvalue weighted by Gasteiger charge is 2.22. The first-order chi connectivity index (χ1) is 7.84. The van der Waals surface area contributed by atoms with E-state index in [9.17, 15) is 8.78 Å². The molecule has 0 amide bonds. The molecule has 3 nitrogen and oxygen atoms in total. The average molecular weight is 242 g/mol. The van der Waals surface area contributed by atoms with Crippen LogP contribution in [-0.2, 0) is 0 Å². The van der Waals surface area contributed by atoms with E-state index >= 15 is 0 Å². The van der Waals surface area contributed by atoms with Crippen molar-refractivity contribution in [1.29, 1.82) is 5.41 Å². The van der Waals surface area contributed by atoms with Crippen LogP contribution in [0.2, 0.25) is 0 Å². The molecule has 94 valence electrons. The summed E-state index contributed by atoms with van der Waals surface area (Å²) in [6.45, 7) is 3.65. The molecular formula is C12H16F2N2O. The molecule has 0 atom stereocenters. The highest BCUT2D eigenvalue weighted by molar-refractivity contribution is 5.82. The second-order valence-corrected chi connectivity index (χ2v) is 4.45. The summed E-state index contributed by atoms with van der Waals surface area (Å²) < 4.78 is 31.4. The van der Waals surface area contributed by atoms with Crippen LogP contribution in [0.1, 0.15) is 20.3 Å². The molecule has 0 radical (unpaired) electrons. The first kappa shape index (κ1) is 13.4. The Kier molecular flexibility index (Phi) is 4.04. The number of nitrogens with two attached hydrogens (primary N) is 1. The number of halogens is 2. The van der Waals surface area contributed by atoms with Gasteiger partial charge in [0.1, 0.15) is 0 Å². The molecule has 0 fully saturated rings. The van der Waals surface area contributed by atoms with Gasteiger partial charge < -0.3 is 10.5 Å². The van der Waals surface area contributed by atoms with Gasteiger partial charge in [0.2, 0.25) is 0 Å². The Hall–Kier alpha value is -1.65. The molecule has 0 unspecified atom stereocenters. The number of nitrogens with one attached hydrogen (secondary N) is 1. The van der Waals surface area contributed by atoms with Crippen LogP contribution in [0.3, 0.4) is 0 Å². The Morgan fingerprint density at radius 3 is 2.35 bits per heavy atom. The molecule has 3 N–H and O–H groups in total. The molecule has 0 aromatic heterocycles. The van der Waals surface area contributed by atoms with Crippen LogP contribution in [0.25, 0.3) is 0 Å². The van der Waals surface area contributed by atoms with Gasteiger partial charge in [-0.2, -0.15) is 0 Å². The largest absolute Gasteiger partial charge is 0.488 e. The smallest absolute Gasteiger partial charge is 0.190 e. The maximum Gasteiger partial charge on any atom is 0.190 e. The van der Waals surface area contributed by atoms with Crippen LogP contribution in [0.4, 0.5) is 8.78 Å². The van der Waals surface area contributed by atoms with Crippen molar-refractivity contribution in [2.24, 2.45) is 11.1 Å². The van der Waals surface area contributed by atoms with Crippen molar-refractivity contribution in [1.82, 2.24) is 0 Å². The number of ether oxygens (including phenoxy) is 1. The summed E-state index contributed by atoms with van der Waals surface area (Å²) in [4.78, 5) is 0. The number of para-hydroxylation sites is 1. The lowest BCUT2D eigenvalue weighted by Crippen LogP contribution is -2.32. The van der Waals surface area contributed by atoms with Crippen molar-refractivity contribution in [3.05, 3.63) is 29.8 Å². The lowest BCUT2D eigenvalue weighted by molar-refractivity contribution is 0.247. The summed E-state index contributed by atoms with van der Waals surface area (Å²) in [6, 6.07) is 3.54. The topological polar surface area (TPSA) is 59.1 Å². The second kappa shape index (κ2) is 5.12. The lowest BCUT2D eigenvalue weighted by atomic mass is 9.88. The normalized spacial score (nSPS) is 11.3. The molecule has 0 bridgehead atoms. The Balaban J connectivity index is 2.60. The fraction of sp³-hybridized carbons (Fsp3) is 0.417. The molecule has 0 aliphatic carbocycles. The van der Waals surface area contributed by atoms with Gasteiger partial charge in [0, 0.05) is 5.41 Å². The van der Waals surface area contributed by atoms with E-state index in [0.717, 1.165) is 12.1 Å². The van der Waals surface area contributed by atoms with Gasteiger partial charge in [0.05, 0.1) is 12.4 Å². The third-order valence-electron chi connectivity index (χ3n) is 2.62. The molecule has 0 saturated heterocycles. The van der Waals surface area contributed by atoms with Gasteiger partial charge in [-0.05, 0) is 18.6 Å². The molecular weight excluding hydrogens is 226 g/mol. The predicted molar refractivity (Wildman–Crippen MR) is 62.2 cm³/mol. The molecule has 1 aromatic carbocycles. The average Bonchev–Trinajstić information content (AvgIpc) is 2.22. The van der Waals surface area contributed by atoms with Crippen LogP contribution >= 0.6 is 0 Å². The number of rotatable bonds is 5. The number of hydrogen-bond donors (Lipinski definition) is 2. The molecule has 0 saturated carbocycles. The zero-order valence-corrected chi connectivity index (χ0v) is 9.89. The van der Waals surface area contributed by atoms with Gasteiger partial charge in [0.15, 0.2) is 17.4 Å². The van der Waals surface area contributed by atoms with E-state index in [2.05, 4.69) is 0 Å². The van der Waals surface area contributed by atoms with Gasteiger partial charge >= 0.3 is 0 Å². The van der Waals surface area contributed by atoms with Crippen molar-refractivity contribution >= 4 is 5.84 Å². The Bertz CT molecular complexity index is 399. The fourth-order valence-corrected chi connectivity index (χ4v) is 1.16. The van der Waals surface area contributed by atoms with E-state index in [4.69, 9.17) is 15.9 Å². The van der Waals surface area contributed by atoms with Crippen LogP contribution in [-0.4, -0.2) is 12.4 Å². The maximum atomic E-state index is 13.2. The summed E-state index contributed by atoms with van der Waals surface area (Å²) in [5.41, 5.74) is 4.85. The van der Waals surface area contributed by atoms with Gasteiger partial charge in [-0.15, -0.1) is 0 Å². The zero-order valence-electron chi connectivity index (χ0n) is 9.89. The monoisotopic (exact) mass is 242 g/mol. The Labute approximate surface area is 99.1 Å². The van der Waals surface area contributed by atoms with Gasteiger partial charge in [-0.3, -0.25) is 5.41 Å². The summed E-state index contributed by atoms with van der Waals surface area (Å²) >= 11 is 0. The molecule has 0 heterocycles. The summed E-state index contributed by atoms with van der Waals surface area (Å²) in [5, 5.41) is 7.34. The summed E-state index contributed by atoms with van der Waals surface area (Å²) in [7, 11) is 0. The van der Waals surface area contributed by atoms with E-state index < -0.39 is 17.0 Å². The van der Waals surface area contributed by atoms with Crippen LogP contribution < -0.4 is 10.5 Å². The molecule has 5 heteroatoms. The highest BCUT2D eigenvalue weighted by Crippen LogP contribution is 2.24. The number of benzene rings is 1. The van der Waals surface area contributed by atoms with Crippen molar-refractivity contribution in [3.63, 3.8) is 0 Å². The third kappa shape index (κ3) is 3.41. The van der Waals surface area contributed by atoms with Crippen LogP contribution in [0.5, 0.6) is 5.75 Å². The van der Waals surface area contributed by atoms with E-state index in [1.165, 1.54) is 6.07 Å². The second-order valence-electron chi connectivity index (χ2n) is 4.45. The van der Waals surface area contributed by atoms with E-state index in [0.29, 0.717) is 6.42 Å². The first-order valence-electron chi connectivity index (χ1n) is 5.26. The maximum absolute atomic E-state index is 13.2. The quantitative estimate of drug-likeness (QED) is 0.616. The van der Waals surface area contributed by atoms with Gasteiger partial charge in [0.25, 0.3) is 0 Å².